The molecule has 1 amide bonds. The molecule has 0 aromatic carbocycles. The summed E-state index contributed by atoms with van der Waals surface area (Å²) in [6.45, 7) is 7.25. The largest absolute Gasteiger partial charge is 0.481 e. The second-order valence-corrected chi connectivity index (χ2v) is 5.63. The Labute approximate surface area is 119 Å². The molecule has 1 unspecified atom stereocenters. The molecule has 0 saturated heterocycles. The highest BCUT2D eigenvalue weighted by Gasteiger charge is 2.38. The van der Waals surface area contributed by atoms with Gasteiger partial charge in [0.05, 0.1) is 5.41 Å². The number of aromatic nitrogens is 2. The monoisotopic (exact) mass is 281 g/mol. The summed E-state index contributed by atoms with van der Waals surface area (Å²) in [5.41, 5.74) is -0.125. The van der Waals surface area contributed by atoms with Crippen LogP contribution in [0.2, 0.25) is 0 Å². The van der Waals surface area contributed by atoms with Crippen LogP contribution in [-0.4, -0.2) is 27.2 Å². The van der Waals surface area contributed by atoms with Crippen LogP contribution in [-0.2, 0) is 16.0 Å². The van der Waals surface area contributed by atoms with Crippen LogP contribution in [0.15, 0.2) is 6.07 Å². The molecular formula is C14H23N3O3. The van der Waals surface area contributed by atoms with Gasteiger partial charge in [0, 0.05) is 18.2 Å². The molecular weight excluding hydrogens is 258 g/mol. The number of H-pyrrole nitrogens is 1. The highest BCUT2D eigenvalue weighted by molar-refractivity contribution is 5.93. The number of aliphatic carboxylic acids is 1. The molecule has 1 rings (SSSR count). The summed E-state index contributed by atoms with van der Waals surface area (Å²) < 4.78 is 0. The standard InChI is InChI=1S/C14H23N3O3/c1-5-6-10-7-11(17-16-10)15-12(18)8-14(4,9(2)3)13(19)20/h7,9H,5-6,8H2,1-4H3,(H,19,20)(H2,15,16,17,18). The van der Waals surface area contributed by atoms with Crippen molar-refractivity contribution in [2.24, 2.45) is 11.3 Å². The predicted molar refractivity (Wildman–Crippen MR) is 76.4 cm³/mol. The molecule has 0 aliphatic rings. The van der Waals surface area contributed by atoms with E-state index in [0.29, 0.717) is 5.82 Å². The van der Waals surface area contributed by atoms with Gasteiger partial charge in [-0.15, -0.1) is 0 Å². The summed E-state index contributed by atoms with van der Waals surface area (Å²) in [6.07, 6.45) is 1.78. The fourth-order valence-electron chi connectivity index (χ4n) is 1.87. The molecule has 0 radical (unpaired) electrons. The molecule has 3 N–H and O–H groups in total. The smallest absolute Gasteiger partial charge is 0.310 e. The summed E-state index contributed by atoms with van der Waals surface area (Å²) in [4.78, 5) is 23.3. The first kappa shape index (κ1) is 16.2. The molecule has 20 heavy (non-hydrogen) atoms. The topological polar surface area (TPSA) is 95.1 Å². The average molecular weight is 281 g/mol. The Bertz CT molecular complexity index is 482. The number of carboxylic acid groups (broad SMARTS) is 1. The second-order valence-electron chi connectivity index (χ2n) is 5.63. The lowest BCUT2D eigenvalue weighted by atomic mass is 9.76. The Kier molecular flexibility index (Phi) is 5.30. The van der Waals surface area contributed by atoms with Gasteiger partial charge in [-0.25, -0.2) is 0 Å². The quantitative estimate of drug-likeness (QED) is 0.715. The third-order valence-corrected chi connectivity index (χ3v) is 3.71. The van der Waals surface area contributed by atoms with E-state index in [2.05, 4.69) is 22.4 Å². The zero-order chi connectivity index (χ0) is 15.3. The van der Waals surface area contributed by atoms with Crippen LogP contribution in [0, 0.1) is 11.3 Å². The molecule has 0 spiro atoms. The lowest BCUT2D eigenvalue weighted by Crippen LogP contribution is -2.37. The predicted octanol–water partition coefficient (Wildman–Crippen LogP) is 2.44. The second kappa shape index (κ2) is 6.54. The van der Waals surface area contributed by atoms with Crippen molar-refractivity contribution in [2.45, 2.75) is 47.0 Å². The van der Waals surface area contributed by atoms with Gasteiger partial charge < -0.3 is 10.4 Å². The van der Waals surface area contributed by atoms with Gasteiger partial charge in [-0.05, 0) is 19.3 Å². The zero-order valence-electron chi connectivity index (χ0n) is 12.5. The molecule has 0 bridgehead atoms. The van der Waals surface area contributed by atoms with Crippen molar-refractivity contribution in [1.82, 2.24) is 10.2 Å². The third kappa shape index (κ3) is 3.82. The fourth-order valence-corrected chi connectivity index (χ4v) is 1.87. The van der Waals surface area contributed by atoms with Gasteiger partial charge in [-0.1, -0.05) is 27.2 Å². The van der Waals surface area contributed by atoms with Crippen molar-refractivity contribution in [2.75, 3.05) is 5.32 Å². The van der Waals surface area contributed by atoms with E-state index in [0.717, 1.165) is 18.5 Å². The molecule has 1 aromatic heterocycles. The number of carboxylic acids is 1. The number of hydrogen-bond acceptors (Lipinski definition) is 3. The average Bonchev–Trinajstić information content (AvgIpc) is 2.76. The van der Waals surface area contributed by atoms with Gasteiger partial charge in [0.2, 0.25) is 5.91 Å². The van der Waals surface area contributed by atoms with Crippen LogP contribution < -0.4 is 5.32 Å². The first-order chi connectivity index (χ1) is 9.29. The van der Waals surface area contributed by atoms with Crippen molar-refractivity contribution >= 4 is 17.7 Å². The molecule has 6 heteroatoms. The first-order valence-corrected chi connectivity index (χ1v) is 6.87. The van der Waals surface area contributed by atoms with Crippen molar-refractivity contribution < 1.29 is 14.7 Å². The maximum atomic E-state index is 12.0. The van der Waals surface area contributed by atoms with Gasteiger partial charge >= 0.3 is 5.97 Å². The van der Waals surface area contributed by atoms with Crippen LogP contribution in [0.1, 0.15) is 46.2 Å². The van der Waals surface area contributed by atoms with Crippen LogP contribution in [0.3, 0.4) is 0 Å². The fraction of sp³-hybridized carbons (Fsp3) is 0.643. The Morgan fingerprint density at radius 1 is 1.50 bits per heavy atom. The molecule has 1 heterocycles. The highest BCUT2D eigenvalue weighted by Crippen LogP contribution is 2.31. The number of carbonyl (C=O) groups excluding carboxylic acids is 1. The minimum absolute atomic E-state index is 0.0734. The summed E-state index contributed by atoms with van der Waals surface area (Å²) >= 11 is 0. The Morgan fingerprint density at radius 3 is 2.65 bits per heavy atom. The van der Waals surface area contributed by atoms with E-state index in [1.807, 2.05) is 0 Å². The van der Waals surface area contributed by atoms with E-state index in [1.165, 1.54) is 0 Å². The summed E-state index contributed by atoms with van der Waals surface area (Å²) in [5.74, 6) is -0.995. The maximum absolute atomic E-state index is 12.0. The van der Waals surface area contributed by atoms with Crippen LogP contribution in [0.4, 0.5) is 5.82 Å². The van der Waals surface area contributed by atoms with E-state index in [-0.39, 0.29) is 18.2 Å². The molecule has 0 aliphatic carbocycles. The molecule has 112 valence electrons. The molecule has 0 fully saturated rings. The van der Waals surface area contributed by atoms with Gasteiger partial charge in [0.15, 0.2) is 5.82 Å². The van der Waals surface area contributed by atoms with Crippen molar-refractivity contribution in [3.63, 3.8) is 0 Å². The number of nitrogens with zero attached hydrogens (tertiary/aromatic N) is 1. The molecule has 1 aromatic rings. The number of rotatable bonds is 7. The van der Waals surface area contributed by atoms with E-state index in [9.17, 15) is 14.7 Å². The third-order valence-electron chi connectivity index (χ3n) is 3.71. The highest BCUT2D eigenvalue weighted by atomic mass is 16.4. The molecule has 0 aliphatic heterocycles. The van der Waals surface area contributed by atoms with Gasteiger partial charge in [-0.2, -0.15) is 5.10 Å². The number of anilines is 1. The van der Waals surface area contributed by atoms with Crippen molar-refractivity contribution in [3.05, 3.63) is 11.8 Å². The molecule has 6 nitrogen and oxygen atoms in total. The molecule has 1 atom stereocenters. The normalized spacial score (nSPS) is 14.1. The maximum Gasteiger partial charge on any atom is 0.310 e. The van der Waals surface area contributed by atoms with Crippen LogP contribution in [0.25, 0.3) is 0 Å². The van der Waals surface area contributed by atoms with E-state index in [1.54, 1.807) is 26.8 Å². The van der Waals surface area contributed by atoms with Gasteiger partial charge in [-0.3, -0.25) is 14.7 Å². The SMILES string of the molecule is CCCc1cc(NC(=O)CC(C)(C(=O)O)C(C)C)n[nH]1. The van der Waals surface area contributed by atoms with E-state index >= 15 is 0 Å². The number of nitrogens with one attached hydrogen (secondary N) is 2. The lowest BCUT2D eigenvalue weighted by molar-refractivity contribution is -0.153. The minimum atomic E-state index is -1.08. The Hall–Kier alpha value is -1.85. The lowest BCUT2D eigenvalue weighted by Gasteiger charge is -2.28. The number of hydrogen-bond donors (Lipinski definition) is 3. The number of amides is 1. The van der Waals surface area contributed by atoms with Crippen molar-refractivity contribution in [3.8, 4) is 0 Å². The summed E-state index contributed by atoms with van der Waals surface area (Å²) in [7, 11) is 0. The number of carbonyl (C=O) groups is 2. The van der Waals surface area contributed by atoms with Crippen LogP contribution in [0.5, 0.6) is 0 Å². The number of aryl methyl sites for hydroxylation is 1. The first-order valence-electron chi connectivity index (χ1n) is 6.87. The Morgan fingerprint density at radius 2 is 2.15 bits per heavy atom. The zero-order valence-corrected chi connectivity index (χ0v) is 12.5. The van der Waals surface area contributed by atoms with Gasteiger partial charge in [0.1, 0.15) is 0 Å². The van der Waals surface area contributed by atoms with Crippen molar-refractivity contribution in [1.29, 1.82) is 0 Å². The van der Waals surface area contributed by atoms with Gasteiger partial charge in [0.25, 0.3) is 0 Å². The minimum Gasteiger partial charge on any atom is -0.481 e. The van der Waals surface area contributed by atoms with Crippen LogP contribution >= 0.6 is 0 Å². The van der Waals surface area contributed by atoms with E-state index in [4.69, 9.17) is 0 Å². The number of aromatic amines is 1. The summed E-state index contributed by atoms with van der Waals surface area (Å²) in [5, 5.41) is 18.8. The Balaban J connectivity index is 2.68. The molecule has 0 saturated carbocycles. The van der Waals surface area contributed by atoms with E-state index < -0.39 is 11.4 Å². The summed E-state index contributed by atoms with van der Waals surface area (Å²) in [6, 6.07) is 1.77.